The van der Waals surface area contributed by atoms with Crippen LogP contribution in [0, 0.1) is 0 Å². The molecular weight excluding hydrogens is 388 g/mol. The standard InChI is InChI=1S/C21H22N6O.ClH/c28-21-20-16(4-3-5-18(20)25-12-8-22-9-13-25)14-23-27(21)11-7-17-15-26-10-2-1-6-19(26)24-17;/h1-6,10,14-15,22H,7-9,11-13H2;1H. The molecule has 5 rings (SSSR count). The smallest absolute Gasteiger partial charge is 0.276 e. The van der Waals surface area contributed by atoms with Crippen LogP contribution in [0.5, 0.6) is 0 Å². The fourth-order valence-electron chi connectivity index (χ4n) is 3.87. The maximum atomic E-state index is 13.2. The zero-order valence-electron chi connectivity index (χ0n) is 16.0. The first-order chi connectivity index (χ1) is 13.8. The zero-order chi connectivity index (χ0) is 18.9. The van der Waals surface area contributed by atoms with Crippen molar-refractivity contribution in [1.82, 2.24) is 24.5 Å². The van der Waals surface area contributed by atoms with Crippen LogP contribution in [-0.2, 0) is 13.0 Å². The summed E-state index contributed by atoms with van der Waals surface area (Å²) in [5.74, 6) is 0. The van der Waals surface area contributed by atoms with E-state index in [0.717, 1.165) is 54.0 Å². The molecule has 1 N–H and O–H groups in total. The van der Waals surface area contributed by atoms with Gasteiger partial charge in [0.2, 0.25) is 0 Å². The van der Waals surface area contributed by atoms with Gasteiger partial charge in [-0.25, -0.2) is 9.67 Å². The van der Waals surface area contributed by atoms with Crippen molar-refractivity contribution in [3.05, 3.63) is 71.0 Å². The third kappa shape index (κ3) is 3.71. The molecule has 0 bridgehead atoms. The van der Waals surface area contributed by atoms with Crippen LogP contribution in [-0.4, -0.2) is 45.3 Å². The molecule has 0 aliphatic carbocycles. The molecule has 4 heterocycles. The number of fused-ring (bicyclic) bond motifs is 2. The number of piperazine rings is 1. The van der Waals surface area contributed by atoms with Crippen LogP contribution in [0.1, 0.15) is 5.69 Å². The quantitative estimate of drug-likeness (QED) is 0.558. The van der Waals surface area contributed by atoms with Crippen molar-refractivity contribution in [3.8, 4) is 0 Å². The Balaban J connectivity index is 0.00000205. The van der Waals surface area contributed by atoms with Gasteiger partial charge >= 0.3 is 0 Å². The summed E-state index contributed by atoms with van der Waals surface area (Å²) in [5.41, 5.74) is 2.84. The van der Waals surface area contributed by atoms with Gasteiger partial charge in [0.25, 0.3) is 5.56 Å². The van der Waals surface area contributed by atoms with E-state index in [4.69, 9.17) is 0 Å². The van der Waals surface area contributed by atoms with Crippen LogP contribution in [0.15, 0.2) is 59.8 Å². The number of nitrogens with zero attached hydrogens (tertiary/aromatic N) is 5. The number of anilines is 1. The van der Waals surface area contributed by atoms with E-state index in [1.54, 1.807) is 10.9 Å². The van der Waals surface area contributed by atoms with Gasteiger partial charge in [-0.3, -0.25) is 4.79 Å². The fraction of sp³-hybridized carbons (Fsp3) is 0.286. The third-order valence-corrected chi connectivity index (χ3v) is 5.31. The SMILES string of the molecule is Cl.O=c1c2c(N3CCNCC3)cccc2cnn1CCc1cn2ccccc2n1. The Hall–Kier alpha value is -2.90. The summed E-state index contributed by atoms with van der Waals surface area (Å²) in [5, 5.41) is 9.41. The van der Waals surface area contributed by atoms with Crippen LogP contribution in [0.4, 0.5) is 5.69 Å². The van der Waals surface area contributed by atoms with Gasteiger partial charge in [0.05, 0.1) is 29.5 Å². The lowest BCUT2D eigenvalue weighted by atomic mass is 10.1. The summed E-state index contributed by atoms with van der Waals surface area (Å²) in [6, 6.07) is 11.9. The first-order valence-electron chi connectivity index (χ1n) is 9.67. The molecule has 1 aromatic carbocycles. The molecule has 0 spiro atoms. The van der Waals surface area contributed by atoms with Crippen LogP contribution in [0.2, 0.25) is 0 Å². The summed E-state index contributed by atoms with van der Waals surface area (Å²) in [6.07, 6.45) is 6.45. The van der Waals surface area contributed by atoms with Crippen LogP contribution < -0.4 is 15.8 Å². The molecule has 1 fully saturated rings. The van der Waals surface area contributed by atoms with Gasteiger partial charge < -0.3 is 14.6 Å². The number of aromatic nitrogens is 4. The lowest BCUT2D eigenvalue weighted by Crippen LogP contribution is -2.44. The van der Waals surface area contributed by atoms with E-state index in [-0.39, 0.29) is 18.0 Å². The Bertz CT molecular complexity index is 1160. The largest absolute Gasteiger partial charge is 0.368 e. The number of pyridine rings is 1. The van der Waals surface area contributed by atoms with Crippen LogP contribution in [0.3, 0.4) is 0 Å². The van der Waals surface area contributed by atoms with Crippen molar-refractivity contribution >= 4 is 34.5 Å². The van der Waals surface area contributed by atoms with E-state index in [2.05, 4.69) is 20.3 Å². The molecule has 0 saturated carbocycles. The van der Waals surface area contributed by atoms with E-state index in [1.807, 2.05) is 53.2 Å². The third-order valence-electron chi connectivity index (χ3n) is 5.31. The van der Waals surface area contributed by atoms with E-state index in [1.165, 1.54) is 0 Å². The minimum atomic E-state index is -0.0320. The highest BCUT2D eigenvalue weighted by molar-refractivity contribution is 5.93. The molecule has 7 nitrogen and oxygen atoms in total. The van der Waals surface area contributed by atoms with Crippen molar-refractivity contribution in [2.75, 3.05) is 31.1 Å². The van der Waals surface area contributed by atoms with Crippen LogP contribution in [0.25, 0.3) is 16.4 Å². The summed E-state index contributed by atoms with van der Waals surface area (Å²) in [6.45, 7) is 4.19. The Morgan fingerprint density at radius 3 is 2.76 bits per heavy atom. The molecule has 4 aromatic rings. The number of imidazole rings is 1. The van der Waals surface area contributed by atoms with Gasteiger partial charge in [0.15, 0.2) is 0 Å². The average molecular weight is 411 g/mol. The number of rotatable bonds is 4. The molecular formula is C21H23ClN6O. The van der Waals surface area contributed by atoms with Gasteiger partial charge in [-0.05, 0) is 18.2 Å². The summed E-state index contributed by atoms with van der Waals surface area (Å²) >= 11 is 0. The highest BCUT2D eigenvalue weighted by atomic mass is 35.5. The number of nitrogens with one attached hydrogen (secondary N) is 1. The van der Waals surface area contributed by atoms with E-state index < -0.39 is 0 Å². The molecule has 1 saturated heterocycles. The van der Waals surface area contributed by atoms with Crippen molar-refractivity contribution in [3.63, 3.8) is 0 Å². The predicted molar refractivity (Wildman–Crippen MR) is 117 cm³/mol. The van der Waals surface area contributed by atoms with Crippen LogP contribution >= 0.6 is 12.4 Å². The summed E-state index contributed by atoms with van der Waals surface area (Å²) in [7, 11) is 0. The molecule has 3 aromatic heterocycles. The second kappa shape index (κ2) is 8.23. The first kappa shape index (κ1) is 19.4. The number of hydrogen-bond acceptors (Lipinski definition) is 5. The van der Waals surface area contributed by atoms with Crippen molar-refractivity contribution in [1.29, 1.82) is 0 Å². The highest BCUT2D eigenvalue weighted by Gasteiger charge is 2.16. The molecule has 0 atom stereocenters. The Morgan fingerprint density at radius 1 is 1.07 bits per heavy atom. The predicted octanol–water partition coefficient (Wildman–Crippen LogP) is 2.12. The molecule has 1 aliphatic rings. The van der Waals surface area contributed by atoms with E-state index >= 15 is 0 Å². The van der Waals surface area contributed by atoms with Gasteiger partial charge in [-0.1, -0.05) is 18.2 Å². The molecule has 0 radical (unpaired) electrons. The van der Waals surface area contributed by atoms with Gasteiger partial charge in [0.1, 0.15) is 5.65 Å². The Morgan fingerprint density at radius 2 is 1.93 bits per heavy atom. The number of halogens is 1. The highest BCUT2D eigenvalue weighted by Crippen LogP contribution is 2.23. The van der Waals surface area contributed by atoms with Gasteiger partial charge in [-0.2, -0.15) is 5.10 Å². The monoisotopic (exact) mass is 410 g/mol. The number of hydrogen-bond donors (Lipinski definition) is 1. The maximum absolute atomic E-state index is 13.2. The second-order valence-corrected chi connectivity index (χ2v) is 7.10. The van der Waals surface area contributed by atoms with Crippen molar-refractivity contribution in [2.24, 2.45) is 0 Å². The molecule has 29 heavy (non-hydrogen) atoms. The Labute approximate surface area is 174 Å². The topological polar surface area (TPSA) is 67.5 Å². The first-order valence-corrected chi connectivity index (χ1v) is 9.67. The lowest BCUT2D eigenvalue weighted by Gasteiger charge is -2.30. The van der Waals surface area contributed by atoms with Crippen molar-refractivity contribution in [2.45, 2.75) is 13.0 Å². The van der Waals surface area contributed by atoms with Crippen molar-refractivity contribution < 1.29 is 0 Å². The molecule has 0 amide bonds. The molecule has 150 valence electrons. The minimum absolute atomic E-state index is 0. The summed E-state index contributed by atoms with van der Waals surface area (Å²) in [4.78, 5) is 20.1. The normalized spacial score (nSPS) is 14.3. The molecule has 8 heteroatoms. The number of benzene rings is 1. The summed E-state index contributed by atoms with van der Waals surface area (Å²) < 4.78 is 3.56. The van der Waals surface area contributed by atoms with Gasteiger partial charge in [0, 0.05) is 50.4 Å². The minimum Gasteiger partial charge on any atom is -0.368 e. The maximum Gasteiger partial charge on any atom is 0.276 e. The fourth-order valence-corrected chi connectivity index (χ4v) is 3.87. The molecule has 0 unspecified atom stereocenters. The average Bonchev–Trinajstić information content (AvgIpc) is 3.16. The van der Waals surface area contributed by atoms with E-state index in [9.17, 15) is 4.79 Å². The van der Waals surface area contributed by atoms with E-state index in [0.29, 0.717) is 13.0 Å². The zero-order valence-corrected chi connectivity index (χ0v) is 16.8. The molecule has 1 aliphatic heterocycles. The Kier molecular flexibility index (Phi) is 5.51. The lowest BCUT2D eigenvalue weighted by molar-refractivity contribution is 0.577. The van der Waals surface area contributed by atoms with Gasteiger partial charge in [-0.15, -0.1) is 12.4 Å². The number of aryl methyl sites for hydroxylation is 2. The second-order valence-electron chi connectivity index (χ2n) is 7.10.